The van der Waals surface area contributed by atoms with Gasteiger partial charge in [-0.15, -0.1) is 0 Å². The van der Waals surface area contributed by atoms with Gasteiger partial charge in [-0.2, -0.15) is 0 Å². The lowest BCUT2D eigenvalue weighted by Crippen LogP contribution is -2.33. The lowest BCUT2D eigenvalue weighted by atomic mass is 10.0. The van der Waals surface area contributed by atoms with Gasteiger partial charge >= 0.3 is 0 Å². The molecule has 18 heavy (non-hydrogen) atoms. The van der Waals surface area contributed by atoms with E-state index in [4.69, 9.17) is 0 Å². The summed E-state index contributed by atoms with van der Waals surface area (Å²) in [6.07, 6.45) is 1.22. The van der Waals surface area contributed by atoms with E-state index in [0.717, 1.165) is 13.1 Å². The van der Waals surface area contributed by atoms with E-state index in [0.29, 0.717) is 6.04 Å². The summed E-state index contributed by atoms with van der Waals surface area (Å²) in [7, 11) is 2.23. The molecular formula is C15H23BrN2. The van der Waals surface area contributed by atoms with Crippen molar-refractivity contribution in [3.8, 4) is 0 Å². The zero-order valence-corrected chi connectivity index (χ0v) is 13.3. The minimum Gasteiger partial charge on any atom is -0.310 e. The highest BCUT2D eigenvalue weighted by atomic mass is 79.9. The van der Waals surface area contributed by atoms with Gasteiger partial charge in [0.2, 0.25) is 0 Å². The van der Waals surface area contributed by atoms with Gasteiger partial charge in [0.15, 0.2) is 0 Å². The van der Waals surface area contributed by atoms with Crippen LogP contribution in [0.1, 0.15) is 31.4 Å². The summed E-state index contributed by atoms with van der Waals surface area (Å²) >= 11 is 3.56. The third-order valence-corrected chi connectivity index (χ3v) is 4.41. The monoisotopic (exact) mass is 310 g/mol. The average Bonchev–Trinajstić information content (AvgIpc) is 2.64. The van der Waals surface area contributed by atoms with Crippen LogP contribution in [0.25, 0.3) is 0 Å². The van der Waals surface area contributed by atoms with E-state index >= 15 is 0 Å². The van der Waals surface area contributed by atoms with E-state index in [9.17, 15) is 0 Å². The van der Waals surface area contributed by atoms with Gasteiger partial charge < -0.3 is 5.32 Å². The van der Waals surface area contributed by atoms with E-state index in [2.05, 4.69) is 72.2 Å². The molecule has 0 aliphatic carbocycles. The minimum absolute atomic E-state index is 0.283. The second-order valence-electron chi connectivity index (χ2n) is 6.11. The van der Waals surface area contributed by atoms with Crippen molar-refractivity contribution in [1.82, 2.24) is 10.2 Å². The fourth-order valence-corrected chi connectivity index (χ4v) is 3.06. The molecule has 0 bridgehead atoms. The number of rotatable bonds is 3. The van der Waals surface area contributed by atoms with Crippen LogP contribution in [0.5, 0.6) is 0 Å². The molecule has 0 amide bonds. The molecule has 1 unspecified atom stereocenters. The Morgan fingerprint density at radius 2 is 2.17 bits per heavy atom. The molecule has 3 heteroatoms. The van der Waals surface area contributed by atoms with Crippen LogP contribution in [0.2, 0.25) is 0 Å². The maximum Gasteiger partial charge on any atom is 0.0238 e. The molecule has 1 aliphatic heterocycles. The molecule has 1 N–H and O–H groups in total. The van der Waals surface area contributed by atoms with Crippen molar-refractivity contribution in [2.75, 3.05) is 13.6 Å². The number of aryl methyl sites for hydroxylation is 1. The SMILES string of the molecule is Cc1ccc(Br)cc1CN(C)C1CNC(C)(C)C1. The predicted molar refractivity (Wildman–Crippen MR) is 80.8 cm³/mol. The number of likely N-dealkylation sites (N-methyl/N-ethyl adjacent to an activating group) is 1. The maximum atomic E-state index is 3.59. The molecule has 0 saturated carbocycles. The van der Waals surface area contributed by atoms with Crippen LogP contribution in [0.15, 0.2) is 22.7 Å². The van der Waals surface area contributed by atoms with Crippen LogP contribution in [-0.2, 0) is 6.54 Å². The summed E-state index contributed by atoms with van der Waals surface area (Å²) < 4.78 is 1.17. The summed E-state index contributed by atoms with van der Waals surface area (Å²) in [6.45, 7) is 8.87. The number of benzene rings is 1. The van der Waals surface area contributed by atoms with Gasteiger partial charge in [0.25, 0.3) is 0 Å². The van der Waals surface area contributed by atoms with Gasteiger partial charge in [-0.25, -0.2) is 0 Å². The molecule has 0 radical (unpaired) electrons. The Morgan fingerprint density at radius 3 is 2.78 bits per heavy atom. The fourth-order valence-electron chi connectivity index (χ4n) is 2.65. The zero-order valence-electron chi connectivity index (χ0n) is 11.8. The normalized spacial score (nSPS) is 22.7. The first-order valence-electron chi connectivity index (χ1n) is 6.58. The topological polar surface area (TPSA) is 15.3 Å². The van der Waals surface area contributed by atoms with Crippen molar-refractivity contribution in [1.29, 1.82) is 0 Å². The molecule has 1 aliphatic rings. The second kappa shape index (κ2) is 5.32. The first kappa shape index (κ1) is 14.0. The first-order chi connectivity index (χ1) is 8.37. The van der Waals surface area contributed by atoms with E-state index in [1.54, 1.807) is 0 Å². The largest absolute Gasteiger partial charge is 0.310 e. The molecule has 1 heterocycles. The molecular weight excluding hydrogens is 288 g/mol. The standard InChI is InChI=1S/C15H23BrN2/c1-11-5-6-13(16)7-12(11)10-18(4)14-8-15(2,3)17-9-14/h5-7,14,17H,8-10H2,1-4H3. The Bertz CT molecular complexity index is 429. The number of hydrogen-bond donors (Lipinski definition) is 1. The van der Waals surface area contributed by atoms with Gasteiger partial charge in [-0.3, -0.25) is 4.90 Å². The smallest absolute Gasteiger partial charge is 0.0238 e. The highest BCUT2D eigenvalue weighted by Gasteiger charge is 2.32. The predicted octanol–water partition coefficient (Wildman–Crippen LogP) is 3.33. The van der Waals surface area contributed by atoms with Crippen LogP contribution in [0.4, 0.5) is 0 Å². The molecule has 0 spiro atoms. The summed E-state index contributed by atoms with van der Waals surface area (Å²) in [4.78, 5) is 2.47. The lowest BCUT2D eigenvalue weighted by molar-refractivity contribution is 0.240. The minimum atomic E-state index is 0.283. The molecule has 1 atom stereocenters. The third-order valence-electron chi connectivity index (χ3n) is 3.92. The van der Waals surface area contributed by atoms with Gasteiger partial charge in [-0.05, 0) is 57.5 Å². The van der Waals surface area contributed by atoms with Crippen molar-refractivity contribution in [2.45, 2.75) is 45.3 Å². The summed E-state index contributed by atoms with van der Waals surface area (Å²) in [5.41, 5.74) is 3.07. The van der Waals surface area contributed by atoms with E-state index in [-0.39, 0.29) is 5.54 Å². The average molecular weight is 311 g/mol. The van der Waals surface area contributed by atoms with Crippen molar-refractivity contribution in [3.05, 3.63) is 33.8 Å². The Balaban J connectivity index is 2.03. The number of halogens is 1. The van der Waals surface area contributed by atoms with Crippen LogP contribution in [0.3, 0.4) is 0 Å². The number of nitrogens with zero attached hydrogens (tertiary/aromatic N) is 1. The number of nitrogens with one attached hydrogen (secondary N) is 1. The Labute approximate surface area is 119 Å². The van der Waals surface area contributed by atoms with Gasteiger partial charge in [0.05, 0.1) is 0 Å². The maximum absolute atomic E-state index is 3.59. The number of hydrogen-bond acceptors (Lipinski definition) is 2. The van der Waals surface area contributed by atoms with Crippen molar-refractivity contribution >= 4 is 15.9 Å². The third kappa shape index (κ3) is 3.34. The molecule has 0 aromatic heterocycles. The molecule has 1 fully saturated rings. The Hall–Kier alpha value is -0.380. The molecule has 2 nitrogen and oxygen atoms in total. The summed E-state index contributed by atoms with van der Waals surface area (Å²) in [5, 5.41) is 3.59. The van der Waals surface area contributed by atoms with Crippen LogP contribution >= 0.6 is 15.9 Å². The molecule has 1 saturated heterocycles. The van der Waals surface area contributed by atoms with Crippen molar-refractivity contribution in [3.63, 3.8) is 0 Å². The van der Waals surface area contributed by atoms with Gasteiger partial charge in [0.1, 0.15) is 0 Å². The Kier molecular flexibility index (Phi) is 4.15. The van der Waals surface area contributed by atoms with E-state index < -0.39 is 0 Å². The van der Waals surface area contributed by atoms with Crippen LogP contribution in [0, 0.1) is 6.92 Å². The quantitative estimate of drug-likeness (QED) is 0.921. The molecule has 2 rings (SSSR count). The van der Waals surface area contributed by atoms with E-state index in [1.807, 2.05) is 0 Å². The summed E-state index contributed by atoms with van der Waals surface area (Å²) in [6, 6.07) is 7.17. The Morgan fingerprint density at radius 1 is 1.44 bits per heavy atom. The highest BCUT2D eigenvalue weighted by Crippen LogP contribution is 2.24. The molecule has 1 aromatic carbocycles. The van der Waals surface area contributed by atoms with E-state index in [1.165, 1.54) is 22.0 Å². The lowest BCUT2D eigenvalue weighted by Gasteiger charge is -2.25. The molecule has 1 aromatic rings. The van der Waals surface area contributed by atoms with Crippen molar-refractivity contribution < 1.29 is 0 Å². The highest BCUT2D eigenvalue weighted by molar-refractivity contribution is 9.10. The summed E-state index contributed by atoms with van der Waals surface area (Å²) in [5.74, 6) is 0. The van der Waals surface area contributed by atoms with Crippen LogP contribution in [-0.4, -0.2) is 30.1 Å². The second-order valence-corrected chi connectivity index (χ2v) is 7.02. The van der Waals surface area contributed by atoms with Crippen molar-refractivity contribution in [2.24, 2.45) is 0 Å². The van der Waals surface area contributed by atoms with Gasteiger partial charge in [0, 0.05) is 29.1 Å². The first-order valence-corrected chi connectivity index (χ1v) is 7.37. The fraction of sp³-hybridized carbons (Fsp3) is 0.600. The molecule has 100 valence electrons. The zero-order chi connectivity index (χ0) is 13.3. The van der Waals surface area contributed by atoms with Crippen LogP contribution < -0.4 is 5.32 Å². The van der Waals surface area contributed by atoms with Gasteiger partial charge in [-0.1, -0.05) is 22.0 Å².